The maximum atomic E-state index is 12.4. The lowest BCUT2D eigenvalue weighted by Gasteiger charge is -2.34. The third-order valence-corrected chi connectivity index (χ3v) is 3.52. The van der Waals surface area contributed by atoms with E-state index >= 15 is 0 Å². The van der Waals surface area contributed by atoms with E-state index in [1.54, 1.807) is 6.20 Å². The third-order valence-electron chi connectivity index (χ3n) is 3.52. The number of rotatable bonds is 5. The Hall–Kier alpha value is -1.66. The van der Waals surface area contributed by atoms with Crippen LogP contribution in [0.1, 0.15) is 24.2 Å². The van der Waals surface area contributed by atoms with Crippen molar-refractivity contribution in [3.8, 4) is 0 Å². The van der Waals surface area contributed by atoms with Crippen LogP contribution >= 0.6 is 0 Å². The Morgan fingerprint density at radius 2 is 2.05 bits per heavy atom. The summed E-state index contributed by atoms with van der Waals surface area (Å²) in [6.45, 7) is 7.97. The van der Waals surface area contributed by atoms with Gasteiger partial charge in [-0.05, 0) is 26.0 Å². The number of aliphatic hydroxyl groups is 1. The summed E-state index contributed by atoms with van der Waals surface area (Å²) in [4.78, 5) is 20.7. The van der Waals surface area contributed by atoms with Gasteiger partial charge in [0.2, 0.25) is 0 Å². The third kappa shape index (κ3) is 4.41. The van der Waals surface area contributed by atoms with E-state index in [0.29, 0.717) is 31.2 Å². The molecule has 1 fully saturated rings. The summed E-state index contributed by atoms with van der Waals surface area (Å²) in [5, 5.41) is 12.1. The molecular formula is C15H24N4O2. The highest BCUT2D eigenvalue weighted by atomic mass is 16.3. The molecule has 0 saturated carbocycles. The molecule has 0 atom stereocenters. The molecule has 1 saturated heterocycles. The van der Waals surface area contributed by atoms with Crippen LogP contribution in [0.3, 0.4) is 0 Å². The number of amides is 1. The Kier molecular flexibility index (Phi) is 5.52. The topological polar surface area (TPSA) is 68.7 Å². The van der Waals surface area contributed by atoms with Gasteiger partial charge < -0.3 is 15.3 Å². The van der Waals surface area contributed by atoms with E-state index in [-0.39, 0.29) is 12.5 Å². The Balaban J connectivity index is 1.91. The highest BCUT2D eigenvalue weighted by Gasteiger charge is 2.21. The number of nitrogens with zero attached hydrogens (tertiary/aromatic N) is 3. The number of hydrogen-bond acceptors (Lipinski definition) is 5. The van der Waals surface area contributed by atoms with Crippen LogP contribution in [0.15, 0.2) is 18.3 Å². The van der Waals surface area contributed by atoms with Crippen LogP contribution in [-0.2, 0) is 0 Å². The van der Waals surface area contributed by atoms with Crippen LogP contribution in [0.4, 0.5) is 5.82 Å². The summed E-state index contributed by atoms with van der Waals surface area (Å²) < 4.78 is 0. The van der Waals surface area contributed by atoms with Crippen molar-refractivity contribution in [1.29, 1.82) is 0 Å². The van der Waals surface area contributed by atoms with Gasteiger partial charge in [0, 0.05) is 45.0 Å². The van der Waals surface area contributed by atoms with Crippen LogP contribution in [0, 0.1) is 0 Å². The van der Waals surface area contributed by atoms with Gasteiger partial charge in [-0.2, -0.15) is 0 Å². The maximum absolute atomic E-state index is 12.4. The highest BCUT2D eigenvalue weighted by Crippen LogP contribution is 2.11. The Bertz CT molecular complexity index is 453. The van der Waals surface area contributed by atoms with Gasteiger partial charge >= 0.3 is 0 Å². The number of piperazine rings is 1. The van der Waals surface area contributed by atoms with Crippen molar-refractivity contribution in [3.05, 3.63) is 23.9 Å². The van der Waals surface area contributed by atoms with Crippen LogP contribution in [0.5, 0.6) is 0 Å². The first-order valence-corrected chi connectivity index (χ1v) is 7.45. The first-order valence-electron chi connectivity index (χ1n) is 7.45. The van der Waals surface area contributed by atoms with Gasteiger partial charge in [-0.15, -0.1) is 0 Å². The number of β-amino-alcohol motifs (C(OH)–C–C–N with tert-alkyl or cyclic N) is 1. The first kappa shape index (κ1) is 15.7. The number of aromatic nitrogens is 1. The molecule has 2 rings (SSSR count). The van der Waals surface area contributed by atoms with Gasteiger partial charge in [0.05, 0.1) is 12.2 Å². The number of nitrogens with one attached hydrogen (secondary N) is 1. The van der Waals surface area contributed by atoms with Crippen LogP contribution in [0.2, 0.25) is 0 Å². The van der Waals surface area contributed by atoms with Crippen molar-refractivity contribution in [2.24, 2.45) is 0 Å². The van der Waals surface area contributed by atoms with Gasteiger partial charge in [-0.25, -0.2) is 4.98 Å². The largest absolute Gasteiger partial charge is 0.395 e. The van der Waals surface area contributed by atoms with Crippen LogP contribution in [-0.4, -0.2) is 71.2 Å². The smallest absolute Gasteiger partial charge is 0.255 e. The van der Waals surface area contributed by atoms with E-state index in [1.165, 1.54) is 0 Å². The highest BCUT2D eigenvalue weighted by molar-refractivity contribution is 5.94. The molecule has 6 nitrogen and oxygen atoms in total. The van der Waals surface area contributed by atoms with Crippen LogP contribution in [0.25, 0.3) is 0 Å². The summed E-state index contributed by atoms with van der Waals surface area (Å²) in [7, 11) is 0. The number of carbonyl (C=O) groups is 1. The quantitative estimate of drug-likeness (QED) is 0.834. The van der Waals surface area contributed by atoms with Crippen molar-refractivity contribution in [1.82, 2.24) is 14.8 Å². The molecular weight excluding hydrogens is 268 g/mol. The normalized spacial score (nSPS) is 16.3. The molecule has 6 heteroatoms. The minimum absolute atomic E-state index is 0.0299. The summed E-state index contributed by atoms with van der Waals surface area (Å²) in [6.07, 6.45) is 1.63. The molecule has 1 aliphatic rings. The monoisotopic (exact) mass is 292 g/mol. The standard InChI is InChI=1S/C15H24N4O2/c1-12(2)17-14-4-3-13(11-16-14)15(21)19-7-5-18(6-8-19)9-10-20/h3-4,11-12,20H,5-10H2,1-2H3,(H,16,17). The molecule has 0 bridgehead atoms. The average molecular weight is 292 g/mol. The summed E-state index contributed by atoms with van der Waals surface area (Å²) in [5.41, 5.74) is 0.625. The second-order valence-electron chi connectivity index (χ2n) is 5.59. The number of pyridine rings is 1. The minimum Gasteiger partial charge on any atom is -0.395 e. The summed E-state index contributed by atoms with van der Waals surface area (Å²) in [5.74, 6) is 0.816. The van der Waals surface area contributed by atoms with Gasteiger partial charge in [0.25, 0.3) is 5.91 Å². The molecule has 1 amide bonds. The summed E-state index contributed by atoms with van der Waals surface area (Å²) >= 11 is 0. The number of anilines is 1. The Morgan fingerprint density at radius 3 is 2.57 bits per heavy atom. The van der Waals surface area contributed by atoms with E-state index in [2.05, 4.69) is 15.2 Å². The van der Waals surface area contributed by atoms with E-state index in [1.807, 2.05) is 30.9 Å². The molecule has 21 heavy (non-hydrogen) atoms. The zero-order valence-electron chi connectivity index (χ0n) is 12.7. The molecule has 1 aliphatic heterocycles. The number of aliphatic hydroxyl groups excluding tert-OH is 1. The van der Waals surface area contributed by atoms with E-state index in [0.717, 1.165) is 18.9 Å². The molecule has 0 aromatic carbocycles. The van der Waals surface area contributed by atoms with E-state index < -0.39 is 0 Å². The fourth-order valence-corrected chi connectivity index (χ4v) is 2.40. The SMILES string of the molecule is CC(C)Nc1ccc(C(=O)N2CCN(CCO)CC2)cn1. The van der Waals surface area contributed by atoms with Gasteiger partial charge in [-0.3, -0.25) is 9.69 Å². The Labute approximate surface area is 125 Å². The second kappa shape index (κ2) is 7.38. The fraction of sp³-hybridized carbons (Fsp3) is 0.600. The van der Waals surface area contributed by atoms with E-state index in [4.69, 9.17) is 5.11 Å². The van der Waals surface area contributed by atoms with Crippen molar-refractivity contribution in [2.75, 3.05) is 44.6 Å². The fourth-order valence-electron chi connectivity index (χ4n) is 2.40. The van der Waals surface area contributed by atoms with Gasteiger partial charge in [0.15, 0.2) is 0 Å². The molecule has 116 valence electrons. The molecule has 2 heterocycles. The molecule has 0 unspecified atom stereocenters. The number of carbonyl (C=O) groups excluding carboxylic acids is 1. The van der Waals surface area contributed by atoms with E-state index in [9.17, 15) is 4.79 Å². The molecule has 1 aromatic heterocycles. The average Bonchev–Trinajstić information content (AvgIpc) is 2.48. The molecule has 0 spiro atoms. The lowest BCUT2D eigenvalue weighted by Crippen LogP contribution is -2.49. The molecule has 0 radical (unpaired) electrons. The molecule has 2 N–H and O–H groups in total. The van der Waals surface area contributed by atoms with Crippen molar-refractivity contribution in [3.63, 3.8) is 0 Å². The second-order valence-corrected chi connectivity index (χ2v) is 5.59. The van der Waals surface area contributed by atoms with Crippen molar-refractivity contribution < 1.29 is 9.90 Å². The predicted molar refractivity (Wildman–Crippen MR) is 82.4 cm³/mol. The van der Waals surface area contributed by atoms with Crippen molar-refractivity contribution in [2.45, 2.75) is 19.9 Å². The summed E-state index contributed by atoms with van der Waals surface area (Å²) in [6, 6.07) is 3.98. The van der Waals surface area contributed by atoms with Gasteiger partial charge in [0.1, 0.15) is 5.82 Å². The number of hydrogen-bond donors (Lipinski definition) is 2. The lowest BCUT2D eigenvalue weighted by atomic mass is 10.2. The van der Waals surface area contributed by atoms with Gasteiger partial charge in [-0.1, -0.05) is 0 Å². The zero-order valence-corrected chi connectivity index (χ0v) is 12.7. The van der Waals surface area contributed by atoms with Crippen LogP contribution < -0.4 is 5.32 Å². The predicted octanol–water partition coefficient (Wildman–Crippen LogP) is 0.652. The minimum atomic E-state index is 0.0299. The maximum Gasteiger partial charge on any atom is 0.255 e. The lowest BCUT2D eigenvalue weighted by molar-refractivity contribution is 0.0614. The Morgan fingerprint density at radius 1 is 1.33 bits per heavy atom. The first-order chi connectivity index (χ1) is 10.1. The van der Waals surface area contributed by atoms with Crippen molar-refractivity contribution >= 4 is 11.7 Å². The molecule has 0 aliphatic carbocycles. The zero-order chi connectivity index (χ0) is 15.2. The molecule has 1 aromatic rings.